The van der Waals surface area contributed by atoms with E-state index in [-0.39, 0.29) is 17.5 Å². The van der Waals surface area contributed by atoms with Crippen LogP contribution >= 0.6 is 0 Å². The molecule has 0 radical (unpaired) electrons. The third-order valence-electron chi connectivity index (χ3n) is 5.98. The van der Waals surface area contributed by atoms with Crippen molar-refractivity contribution in [3.8, 4) is 5.75 Å². The van der Waals surface area contributed by atoms with Gasteiger partial charge in [-0.05, 0) is 56.1 Å². The summed E-state index contributed by atoms with van der Waals surface area (Å²) in [5.41, 5.74) is -0.210. The van der Waals surface area contributed by atoms with Gasteiger partial charge < -0.3 is 14.5 Å². The fourth-order valence-corrected chi connectivity index (χ4v) is 4.73. The fourth-order valence-electron chi connectivity index (χ4n) is 4.73. The summed E-state index contributed by atoms with van der Waals surface area (Å²) in [6.45, 7) is 2.05. The van der Waals surface area contributed by atoms with Crippen molar-refractivity contribution >= 4 is 16.9 Å². The Hall–Kier alpha value is -2.30. The van der Waals surface area contributed by atoms with Crippen LogP contribution in [-0.2, 0) is 0 Å². The molecule has 0 aliphatic heterocycles. The van der Waals surface area contributed by atoms with Crippen molar-refractivity contribution in [1.82, 2.24) is 5.32 Å². The van der Waals surface area contributed by atoms with E-state index in [1.54, 1.807) is 24.3 Å². The van der Waals surface area contributed by atoms with Crippen LogP contribution in [0.15, 0.2) is 33.5 Å². The van der Waals surface area contributed by atoms with Crippen LogP contribution in [-0.4, -0.2) is 19.1 Å². The van der Waals surface area contributed by atoms with E-state index in [1.807, 2.05) is 0 Å². The van der Waals surface area contributed by atoms with E-state index in [0.717, 1.165) is 11.8 Å². The number of para-hydroxylation sites is 1. The lowest BCUT2D eigenvalue weighted by molar-refractivity contribution is 0.0911. The molecule has 5 heteroatoms. The molecule has 1 N–H and O–H groups in total. The average Bonchev–Trinajstić information content (AvgIpc) is 3.23. The van der Waals surface area contributed by atoms with Gasteiger partial charge in [0.25, 0.3) is 5.91 Å². The molecular formula is C20H23NO4. The van der Waals surface area contributed by atoms with Gasteiger partial charge in [0.2, 0.25) is 0 Å². The second-order valence-corrected chi connectivity index (χ2v) is 7.43. The van der Waals surface area contributed by atoms with Crippen molar-refractivity contribution in [2.45, 2.75) is 38.6 Å². The van der Waals surface area contributed by atoms with Gasteiger partial charge in [-0.15, -0.1) is 0 Å². The molecule has 1 amide bonds. The van der Waals surface area contributed by atoms with Gasteiger partial charge in [-0.1, -0.05) is 18.6 Å². The molecule has 132 valence electrons. The summed E-state index contributed by atoms with van der Waals surface area (Å²) in [7, 11) is 1.52. The van der Waals surface area contributed by atoms with E-state index < -0.39 is 5.63 Å². The van der Waals surface area contributed by atoms with Crippen molar-refractivity contribution < 1.29 is 13.9 Å². The van der Waals surface area contributed by atoms with Gasteiger partial charge >= 0.3 is 5.63 Å². The zero-order valence-corrected chi connectivity index (χ0v) is 14.6. The number of fused-ring (bicyclic) bond motifs is 3. The Kier molecular flexibility index (Phi) is 4.02. The van der Waals surface area contributed by atoms with Crippen LogP contribution in [0.2, 0.25) is 0 Å². The first kappa shape index (κ1) is 16.2. The number of nitrogens with one attached hydrogen (secondary N) is 1. The second kappa shape index (κ2) is 6.21. The molecule has 2 saturated carbocycles. The van der Waals surface area contributed by atoms with Crippen molar-refractivity contribution in [1.29, 1.82) is 0 Å². The van der Waals surface area contributed by atoms with E-state index in [9.17, 15) is 9.59 Å². The maximum Gasteiger partial charge on any atom is 0.349 e. The summed E-state index contributed by atoms with van der Waals surface area (Å²) in [5, 5.41) is 3.70. The Morgan fingerprint density at radius 3 is 2.84 bits per heavy atom. The summed E-state index contributed by atoms with van der Waals surface area (Å²) in [6.07, 6.45) is 5.09. The van der Waals surface area contributed by atoms with Crippen LogP contribution in [0.1, 0.15) is 43.0 Å². The minimum absolute atomic E-state index is 0.0516. The zero-order chi connectivity index (χ0) is 17.6. The van der Waals surface area contributed by atoms with E-state index in [2.05, 4.69) is 12.2 Å². The minimum atomic E-state index is -0.630. The summed E-state index contributed by atoms with van der Waals surface area (Å²) < 4.78 is 10.6. The standard InChI is InChI=1S/C20H23NO4/c1-11(15-9-12-6-7-13(15)8-12)21-19(22)16-10-14-4-3-5-17(24-2)18(14)25-20(16)23/h3-5,10-13,15H,6-9H2,1-2H3,(H,21,22)/t11-,12-,13-,15-/m0/s1. The van der Waals surface area contributed by atoms with Crippen molar-refractivity contribution in [2.24, 2.45) is 17.8 Å². The molecule has 1 heterocycles. The van der Waals surface area contributed by atoms with Gasteiger partial charge in [-0.25, -0.2) is 4.79 Å². The van der Waals surface area contributed by atoms with Crippen molar-refractivity contribution in [3.63, 3.8) is 0 Å². The number of carbonyl (C=O) groups excluding carboxylic acids is 1. The first-order chi connectivity index (χ1) is 12.1. The van der Waals surface area contributed by atoms with Crippen LogP contribution in [0.25, 0.3) is 11.0 Å². The molecule has 0 saturated heterocycles. The Labute approximate surface area is 146 Å². The number of ether oxygens (including phenoxy) is 1. The minimum Gasteiger partial charge on any atom is -0.493 e. The summed E-state index contributed by atoms with van der Waals surface area (Å²) in [5.74, 6) is 2.20. The quantitative estimate of drug-likeness (QED) is 0.866. The molecule has 4 rings (SSSR count). The van der Waals surface area contributed by atoms with Gasteiger partial charge in [-0.3, -0.25) is 4.79 Å². The molecule has 1 aromatic carbocycles. The van der Waals surface area contributed by atoms with Crippen LogP contribution < -0.4 is 15.7 Å². The maximum absolute atomic E-state index is 12.6. The summed E-state index contributed by atoms with van der Waals surface area (Å²) in [6, 6.07) is 7.00. The van der Waals surface area contributed by atoms with E-state index in [0.29, 0.717) is 22.6 Å². The second-order valence-electron chi connectivity index (χ2n) is 7.43. The topological polar surface area (TPSA) is 68.5 Å². The average molecular weight is 341 g/mol. The lowest BCUT2D eigenvalue weighted by Crippen LogP contribution is -2.41. The van der Waals surface area contributed by atoms with Gasteiger partial charge in [0.15, 0.2) is 11.3 Å². The van der Waals surface area contributed by atoms with E-state index in [1.165, 1.54) is 32.8 Å². The van der Waals surface area contributed by atoms with E-state index >= 15 is 0 Å². The zero-order valence-electron chi connectivity index (χ0n) is 14.6. The predicted molar refractivity (Wildman–Crippen MR) is 94.9 cm³/mol. The molecule has 0 unspecified atom stereocenters. The highest BCUT2D eigenvalue weighted by molar-refractivity contribution is 5.97. The first-order valence-electron chi connectivity index (χ1n) is 8.98. The Morgan fingerprint density at radius 1 is 1.32 bits per heavy atom. The highest BCUT2D eigenvalue weighted by Gasteiger charge is 2.42. The first-order valence-corrected chi connectivity index (χ1v) is 8.98. The number of amides is 1. The number of benzene rings is 1. The van der Waals surface area contributed by atoms with Crippen LogP contribution in [0, 0.1) is 17.8 Å². The van der Waals surface area contributed by atoms with E-state index in [4.69, 9.17) is 9.15 Å². The van der Waals surface area contributed by atoms with Gasteiger partial charge in [0.1, 0.15) is 5.56 Å². The normalized spacial score (nSPS) is 25.9. The molecule has 2 aliphatic carbocycles. The number of methoxy groups -OCH3 is 1. The molecule has 25 heavy (non-hydrogen) atoms. The Bertz CT molecular complexity index is 872. The lowest BCUT2D eigenvalue weighted by Gasteiger charge is -2.28. The molecular weight excluding hydrogens is 318 g/mol. The third kappa shape index (κ3) is 2.81. The molecule has 0 spiro atoms. The third-order valence-corrected chi connectivity index (χ3v) is 5.98. The predicted octanol–water partition coefficient (Wildman–Crippen LogP) is 3.36. The molecule has 2 aliphatic rings. The lowest BCUT2D eigenvalue weighted by atomic mass is 9.84. The molecule has 4 atom stereocenters. The fraction of sp³-hybridized carbons (Fsp3) is 0.500. The summed E-state index contributed by atoms with van der Waals surface area (Å²) >= 11 is 0. The van der Waals surface area contributed by atoms with Gasteiger partial charge in [0, 0.05) is 11.4 Å². The molecule has 2 aromatic rings. The van der Waals surface area contributed by atoms with Crippen LogP contribution in [0.5, 0.6) is 5.75 Å². The highest BCUT2D eigenvalue weighted by atomic mass is 16.5. The molecule has 2 bridgehead atoms. The van der Waals surface area contributed by atoms with Gasteiger partial charge in [0.05, 0.1) is 7.11 Å². The highest BCUT2D eigenvalue weighted by Crippen LogP contribution is 2.49. The SMILES string of the molecule is COc1cccc2cc(C(=O)N[C@@H](C)[C@@H]3C[C@H]4CC[C@H]3C4)c(=O)oc12. The number of hydrogen-bond donors (Lipinski definition) is 1. The number of rotatable bonds is 4. The van der Waals surface area contributed by atoms with Crippen LogP contribution in [0.4, 0.5) is 0 Å². The van der Waals surface area contributed by atoms with Crippen LogP contribution in [0.3, 0.4) is 0 Å². The Balaban J connectivity index is 1.57. The number of hydrogen-bond acceptors (Lipinski definition) is 4. The van der Waals surface area contributed by atoms with Crippen molar-refractivity contribution in [3.05, 3.63) is 40.2 Å². The monoisotopic (exact) mass is 341 g/mol. The van der Waals surface area contributed by atoms with Gasteiger partial charge in [-0.2, -0.15) is 0 Å². The maximum atomic E-state index is 12.6. The molecule has 2 fully saturated rings. The molecule has 1 aromatic heterocycles. The molecule has 5 nitrogen and oxygen atoms in total. The Morgan fingerprint density at radius 2 is 2.16 bits per heavy atom. The van der Waals surface area contributed by atoms with Crippen molar-refractivity contribution in [2.75, 3.05) is 7.11 Å². The smallest absolute Gasteiger partial charge is 0.349 e. The largest absolute Gasteiger partial charge is 0.493 e. The number of carbonyl (C=O) groups is 1. The summed E-state index contributed by atoms with van der Waals surface area (Å²) in [4.78, 5) is 24.9.